The topological polar surface area (TPSA) is 93.1 Å². The van der Waals surface area contributed by atoms with Gasteiger partial charge in [0.1, 0.15) is 0 Å². The minimum atomic E-state index is -1.31. The Labute approximate surface area is 171 Å². The molecule has 6 nitrogen and oxygen atoms in total. The van der Waals surface area contributed by atoms with Crippen LogP contribution in [0.5, 0.6) is 0 Å². The van der Waals surface area contributed by atoms with E-state index >= 15 is 0 Å². The quantitative estimate of drug-likeness (QED) is 0.494. The van der Waals surface area contributed by atoms with E-state index in [0.717, 1.165) is 0 Å². The van der Waals surface area contributed by atoms with Crippen LogP contribution < -0.4 is 0 Å². The maximum absolute atomic E-state index is 12.4. The van der Waals surface area contributed by atoms with Gasteiger partial charge in [-0.2, -0.15) is 0 Å². The van der Waals surface area contributed by atoms with Gasteiger partial charge in [-0.05, 0) is 30.7 Å². The average Bonchev–Trinajstić information content (AvgIpc) is 2.74. The van der Waals surface area contributed by atoms with Crippen molar-refractivity contribution in [3.05, 3.63) is 71.8 Å². The van der Waals surface area contributed by atoms with Gasteiger partial charge in [-0.15, -0.1) is 0 Å². The summed E-state index contributed by atoms with van der Waals surface area (Å²) in [5, 5.41) is 20.9. The van der Waals surface area contributed by atoms with Gasteiger partial charge in [0.25, 0.3) is 6.29 Å². The van der Waals surface area contributed by atoms with Crippen LogP contribution in [0.3, 0.4) is 0 Å². The highest BCUT2D eigenvalue weighted by Crippen LogP contribution is 2.31. The number of hydrogen-bond acceptors (Lipinski definition) is 6. The van der Waals surface area contributed by atoms with Crippen LogP contribution in [0.15, 0.2) is 60.7 Å². The van der Waals surface area contributed by atoms with E-state index in [1.165, 1.54) is 0 Å². The van der Waals surface area contributed by atoms with Crippen molar-refractivity contribution >= 4 is 11.9 Å². The van der Waals surface area contributed by atoms with Gasteiger partial charge in [-0.3, -0.25) is 0 Å². The SMILES string of the molecule is CCC(O)C(C)(C)C(O)CC(OC(=O)c1ccccc1)OC(=O)c1ccccc1. The Kier molecular flexibility index (Phi) is 7.93. The molecule has 0 aliphatic rings. The standard InChI is InChI=1S/C23H28O6/c1-4-18(24)23(2,3)19(25)15-20(28-21(26)16-11-7-5-8-12-16)29-22(27)17-13-9-6-10-14-17/h5-14,18-20,24-25H,4,15H2,1-3H3. The minimum Gasteiger partial charge on any atom is -0.421 e. The van der Waals surface area contributed by atoms with Crippen LogP contribution in [0.25, 0.3) is 0 Å². The Bertz CT molecular complexity index is 734. The molecule has 0 aliphatic carbocycles. The normalized spacial score (nSPS) is 13.6. The lowest BCUT2D eigenvalue weighted by atomic mass is 9.78. The number of ether oxygens (including phenoxy) is 2. The van der Waals surface area contributed by atoms with E-state index in [-0.39, 0.29) is 6.42 Å². The molecule has 0 aromatic heterocycles. The molecule has 2 rings (SSSR count). The molecule has 0 saturated carbocycles. The molecule has 156 valence electrons. The molecule has 0 heterocycles. The van der Waals surface area contributed by atoms with Crippen LogP contribution in [0.4, 0.5) is 0 Å². The second-order valence-electron chi connectivity index (χ2n) is 7.47. The highest BCUT2D eigenvalue weighted by atomic mass is 16.7. The highest BCUT2D eigenvalue weighted by Gasteiger charge is 2.37. The fourth-order valence-electron chi connectivity index (χ4n) is 2.88. The van der Waals surface area contributed by atoms with Crippen LogP contribution >= 0.6 is 0 Å². The summed E-state index contributed by atoms with van der Waals surface area (Å²) in [6.07, 6.45) is -2.88. The van der Waals surface area contributed by atoms with Crippen LogP contribution in [0.2, 0.25) is 0 Å². The summed E-state index contributed by atoms with van der Waals surface area (Å²) in [6, 6.07) is 16.6. The van der Waals surface area contributed by atoms with Crippen LogP contribution in [0, 0.1) is 5.41 Å². The maximum atomic E-state index is 12.4. The average molecular weight is 400 g/mol. The Morgan fingerprint density at radius 2 is 1.24 bits per heavy atom. The zero-order valence-electron chi connectivity index (χ0n) is 16.9. The molecule has 2 aromatic rings. The van der Waals surface area contributed by atoms with E-state index in [2.05, 4.69) is 0 Å². The molecular formula is C23H28O6. The summed E-state index contributed by atoms with van der Waals surface area (Å²) in [6.45, 7) is 5.23. The highest BCUT2D eigenvalue weighted by molar-refractivity contribution is 5.91. The van der Waals surface area contributed by atoms with E-state index in [1.807, 2.05) is 6.92 Å². The van der Waals surface area contributed by atoms with Gasteiger partial charge in [0.2, 0.25) is 0 Å². The molecule has 29 heavy (non-hydrogen) atoms. The first-order valence-corrected chi connectivity index (χ1v) is 9.63. The molecule has 0 fully saturated rings. The number of hydrogen-bond donors (Lipinski definition) is 2. The molecular weight excluding hydrogens is 372 g/mol. The van der Waals surface area contributed by atoms with Crippen molar-refractivity contribution in [2.45, 2.75) is 52.1 Å². The fraction of sp³-hybridized carbons (Fsp3) is 0.391. The molecule has 2 aromatic carbocycles. The van der Waals surface area contributed by atoms with E-state index in [9.17, 15) is 19.8 Å². The smallest absolute Gasteiger partial charge is 0.341 e. The van der Waals surface area contributed by atoms with Crippen molar-refractivity contribution in [1.29, 1.82) is 0 Å². The molecule has 0 radical (unpaired) electrons. The summed E-state index contributed by atoms with van der Waals surface area (Å²) in [5.74, 6) is -1.34. The zero-order chi connectivity index (χ0) is 21.4. The van der Waals surface area contributed by atoms with Crippen molar-refractivity contribution in [3.8, 4) is 0 Å². The summed E-state index contributed by atoms with van der Waals surface area (Å²) in [4.78, 5) is 24.9. The van der Waals surface area contributed by atoms with Crippen molar-refractivity contribution in [3.63, 3.8) is 0 Å². The van der Waals surface area contributed by atoms with Crippen LogP contribution in [-0.2, 0) is 9.47 Å². The summed E-state index contributed by atoms with van der Waals surface area (Å²) >= 11 is 0. The summed E-state index contributed by atoms with van der Waals surface area (Å²) in [7, 11) is 0. The van der Waals surface area contributed by atoms with Gasteiger partial charge in [0.05, 0.1) is 23.3 Å². The minimum absolute atomic E-state index is 0.165. The molecule has 2 unspecified atom stereocenters. The molecule has 0 spiro atoms. The molecule has 6 heteroatoms. The molecule has 2 atom stereocenters. The molecule has 0 amide bonds. The summed E-state index contributed by atoms with van der Waals surface area (Å²) < 4.78 is 10.8. The number of carbonyl (C=O) groups is 2. The maximum Gasteiger partial charge on any atom is 0.341 e. The van der Waals surface area contributed by atoms with Crippen LogP contribution in [-0.4, -0.2) is 40.6 Å². The first-order chi connectivity index (χ1) is 13.8. The van der Waals surface area contributed by atoms with Crippen LogP contribution in [0.1, 0.15) is 54.3 Å². The molecule has 0 bridgehead atoms. The largest absolute Gasteiger partial charge is 0.421 e. The summed E-state index contributed by atoms with van der Waals surface area (Å²) in [5.41, 5.74) is -0.281. The number of carbonyl (C=O) groups excluding carboxylic acids is 2. The molecule has 2 N–H and O–H groups in total. The first-order valence-electron chi connectivity index (χ1n) is 9.63. The number of aliphatic hydroxyl groups excluding tert-OH is 2. The van der Waals surface area contributed by atoms with E-state index in [0.29, 0.717) is 17.5 Å². The van der Waals surface area contributed by atoms with Crippen molar-refractivity contribution < 1.29 is 29.3 Å². The van der Waals surface area contributed by atoms with E-state index in [4.69, 9.17) is 9.47 Å². The molecule has 0 saturated heterocycles. The van der Waals surface area contributed by atoms with Gasteiger partial charge < -0.3 is 19.7 Å². The zero-order valence-corrected chi connectivity index (χ0v) is 16.9. The lowest BCUT2D eigenvalue weighted by Crippen LogP contribution is -2.43. The number of rotatable bonds is 9. The number of aliphatic hydroxyl groups is 2. The van der Waals surface area contributed by atoms with Crippen molar-refractivity contribution in [1.82, 2.24) is 0 Å². The van der Waals surface area contributed by atoms with Gasteiger partial charge in [0.15, 0.2) is 0 Å². The predicted octanol–water partition coefficient (Wildman–Crippen LogP) is 3.57. The van der Waals surface area contributed by atoms with Crippen molar-refractivity contribution in [2.24, 2.45) is 5.41 Å². The molecule has 0 aliphatic heterocycles. The second kappa shape index (κ2) is 10.2. The second-order valence-corrected chi connectivity index (χ2v) is 7.47. The van der Waals surface area contributed by atoms with Gasteiger partial charge in [-0.25, -0.2) is 9.59 Å². The van der Waals surface area contributed by atoms with Gasteiger partial charge in [0, 0.05) is 11.8 Å². The lowest BCUT2D eigenvalue weighted by Gasteiger charge is -2.36. The van der Waals surface area contributed by atoms with Crippen molar-refractivity contribution in [2.75, 3.05) is 0 Å². The Morgan fingerprint density at radius 1 is 0.828 bits per heavy atom. The lowest BCUT2D eigenvalue weighted by molar-refractivity contribution is -0.125. The monoisotopic (exact) mass is 400 g/mol. The number of esters is 2. The van der Waals surface area contributed by atoms with E-state index in [1.54, 1.807) is 74.5 Å². The fourth-order valence-corrected chi connectivity index (χ4v) is 2.88. The number of benzene rings is 2. The Morgan fingerprint density at radius 3 is 1.62 bits per heavy atom. The predicted molar refractivity (Wildman–Crippen MR) is 108 cm³/mol. The van der Waals surface area contributed by atoms with Gasteiger partial charge in [-0.1, -0.05) is 57.2 Å². The van der Waals surface area contributed by atoms with E-state index < -0.39 is 35.9 Å². The first kappa shape index (κ1) is 22.6. The third-order valence-electron chi connectivity index (χ3n) is 5.02. The Hall–Kier alpha value is -2.70. The van der Waals surface area contributed by atoms with Gasteiger partial charge >= 0.3 is 11.9 Å². The Balaban J connectivity index is 2.18. The third-order valence-corrected chi connectivity index (χ3v) is 5.02. The third kappa shape index (κ3) is 6.14.